The molecular weight excluding hydrogens is 630 g/mol. The first-order valence-electron chi connectivity index (χ1n) is 11.8. The van der Waals surface area contributed by atoms with Crippen LogP contribution in [0.1, 0.15) is 54.8 Å². The highest BCUT2D eigenvalue weighted by molar-refractivity contribution is 14.1. The summed E-state index contributed by atoms with van der Waals surface area (Å²) in [6.07, 6.45) is 5.86. The molecule has 1 aromatic carbocycles. The van der Waals surface area contributed by atoms with Gasteiger partial charge in [-0.3, -0.25) is 23.9 Å². The third-order valence-electron chi connectivity index (χ3n) is 7.14. The highest BCUT2D eigenvalue weighted by atomic mass is 127. The molecule has 190 valence electrons. The second kappa shape index (κ2) is 8.67. The fourth-order valence-electron chi connectivity index (χ4n) is 4.75. The summed E-state index contributed by atoms with van der Waals surface area (Å²) < 4.78 is 2.59. The molecule has 2 aromatic heterocycles. The summed E-state index contributed by atoms with van der Waals surface area (Å²) in [5.41, 5.74) is 0.00507. The summed E-state index contributed by atoms with van der Waals surface area (Å²) in [5, 5.41) is 6.80. The topological polar surface area (TPSA) is 109 Å². The van der Waals surface area contributed by atoms with Crippen molar-refractivity contribution in [1.82, 2.24) is 25.2 Å². The molecule has 0 spiro atoms. The molecule has 0 saturated heterocycles. The van der Waals surface area contributed by atoms with Crippen LogP contribution >= 0.6 is 45.8 Å². The summed E-state index contributed by atoms with van der Waals surface area (Å²) in [4.78, 5) is 50.1. The summed E-state index contributed by atoms with van der Waals surface area (Å²) in [6, 6.07) is 8.01. The zero-order chi connectivity index (χ0) is 26.1. The first-order valence-corrected chi connectivity index (χ1v) is 13.6. The number of nitrogens with zero attached hydrogens (tertiary/aromatic N) is 4. The van der Waals surface area contributed by atoms with Crippen molar-refractivity contribution >= 4 is 75.2 Å². The number of anilines is 2. The van der Waals surface area contributed by atoms with E-state index in [-0.39, 0.29) is 23.5 Å². The molecule has 3 amide bonds. The number of halogens is 3. The molecular formula is C25H21Cl2IN6O3. The lowest BCUT2D eigenvalue weighted by Gasteiger charge is -2.23. The minimum Gasteiger partial charge on any atom is -0.343 e. The smallest absolute Gasteiger partial charge is 0.270 e. The minimum absolute atomic E-state index is 0.200. The third kappa shape index (κ3) is 4.18. The van der Waals surface area contributed by atoms with Crippen LogP contribution in [0.2, 0.25) is 10.0 Å². The van der Waals surface area contributed by atoms with Crippen LogP contribution in [0.25, 0.3) is 0 Å². The Balaban J connectivity index is 1.22. The number of pyridine rings is 1. The summed E-state index contributed by atoms with van der Waals surface area (Å²) >= 11 is 14.5. The van der Waals surface area contributed by atoms with Gasteiger partial charge < -0.3 is 10.6 Å². The highest BCUT2D eigenvalue weighted by Gasteiger charge is 2.56. The number of carbonyl (C=O) groups is 3. The predicted octanol–water partition coefficient (Wildman–Crippen LogP) is 4.50. The van der Waals surface area contributed by atoms with Crippen molar-refractivity contribution < 1.29 is 14.4 Å². The van der Waals surface area contributed by atoms with E-state index in [2.05, 4.69) is 43.2 Å². The van der Waals surface area contributed by atoms with Gasteiger partial charge >= 0.3 is 0 Å². The number of rotatable bonds is 6. The molecule has 0 unspecified atom stereocenters. The van der Waals surface area contributed by atoms with E-state index in [1.54, 1.807) is 35.9 Å². The van der Waals surface area contributed by atoms with E-state index in [4.69, 9.17) is 23.2 Å². The number of aromatic nitrogens is 3. The molecule has 3 aromatic rings. The van der Waals surface area contributed by atoms with E-state index in [1.165, 1.54) is 11.1 Å². The fourth-order valence-corrected chi connectivity index (χ4v) is 5.59. The Bertz CT molecular complexity index is 1450. The second-order valence-electron chi connectivity index (χ2n) is 9.72. The van der Waals surface area contributed by atoms with Crippen LogP contribution in [-0.2, 0) is 15.1 Å². The van der Waals surface area contributed by atoms with Gasteiger partial charge in [0.05, 0.1) is 23.1 Å². The first-order chi connectivity index (χ1) is 17.6. The maximum Gasteiger partial charge on any atom is 0.270 e. The average molecular weight is 651 g/mol. The van der Waals surface area contributed by atoms with Crippen molar-refractivity contribution in [3.05, 3.63) is 67.7 Å². The summed E-state index contributed by atoms with van der Waals surface area (Å²) in [6.45, 7) is 1.70. The number of imidazole rings is 1. The zero-order valence-electron chi connectivity index (χ0n) is 19.6. The Hall–Kier alpha value is -2.70. The molecule has 3 heterocycles. The van der Waals surface area contributed by atoms with E-state index < -0.39 is 23.0 Å². The Morgan fingerprint density at radius 3 is 2.32 bits per heavy atom. The highest BCUT2D eigenvalue weighted by Crippen LogP contribution is 2.47. The molecule has 37 heavy (non-hydrogen) atoms. The number of nitrogens with one attached hydrogen (secondary N) is 2. The molecule has 1 atom stereocenters. The summed E-state index contributed by atoms with van der Waals surface area (Å²) in [7, 11) is 0. The number of hydrogen-bond donors (Lipinski definition) is 2. The molecule has 2 saturated carbocycles. The normalized spacial score (nSPS) is 20.4. The Kier molecular flexibility index (Phi) is 5.77. The second-order valence-corrected chi connectivity index (χ2v) is 11.8. The Morgan fingerprint density at radius 2 is 1.73 bits per heavy atom. The zero-order valence-corrected chi connectivity index (χ0v) is 23.3. The van der Waals surface area contributed by atoms with Crippen molar-refractivity contribution in [3.8, 4) is 0 Å². The molecule has 2 fully saturated rings. The predicted molar refractivity (Wildman–Crippen MR) is 146 cm³/mol. The molecule has 2 aliphatic carbocycles. The van der Waals surface area contributed by atoms with Gasteiger partial charge in [-0.25, -0.2) is 9.88 Å². The number of amides is 3. The van der Waals surface area contributed by atoms with E-state index >= 15 is 0 Å². The fraction of sp³-hybridized carbons (Fsp3) is 0.320. The van der Waals surface area contributed by atoms with Crippen LogP contribution in [0.15, 0.2) is 42.7 Å². The van der Waals surface area contributed by atoms with Gasteiger partial charge in [-0.15, -0.1) is 0 Å². The molecule has 9 nitrogen and oxygen atoms in total. The standard InChI is InChI=1S/C25H21Cl2IN6O3/c1-13-21(36)34(17-9-14(26)8-15(27)10-17)23-30-12-18(33(13)23)20(35)31-25(6-7-25)22(37)32-24(4-5-24)19-3-2-16(28)11-29-19/h2-3,8-13H,4-7H2,1H3,(H,31,35)(H,32,37)/t13-/m0/s1. The van der Waals surface area contributed by atoms with Crippen LogP contribution in [0, 0.1) is 3.57 Å². The average Bonchev–Trinajstić information content (AvgIpc) is 3.74. The van der Waals surface area contributed by atoms with Crippen molar-refractivity contribution in [3.63, 3.8) is 0 Å². The number of hydrogen-bond acceptors (Lipinski definition) is 5. The van der Waals surface area contributed by atoms with Gasteiger partial charge in [0.1, 0.15) is 17.3 Å². The number of carbonyl (C=O) groups excluding carboxylic acids is 3. The lowest BCUT2D eigenvalue weighted by Crippen LogP contribution is -2.52. The van der Waals surface area contributed by atoms with Crippen molar-refractivity contribution in [2.45, 2.75) is 49.7 Å². The van der Waals surface area contributed by atoms with E-state index in [9.17, 15) is 14.4 Å². The number of fused-ring (bicyclic) bond motifs is 1. The van der Waals surface area contributed by atoms with Gasteiger partial charge in [-0.2, -0.15) is 0 Å². The van der Waals surface area contributed by atoms with Gasteiger partial charge in [0.2, 0.25) is 11.9 Å². The molecule has 1 aliphatic heterocycles. The maximum atomic E-state index is 13.4. The molecule has 2 N–H and O–H groups in total. The van der Waals surface area contributed by atoms with Gasteiger partial charge in [0.25, 0.3) is 11.8 Å². The molecule has 0 radical (unpaired) electrons. The van der Waals surface area contributed by atoms with Gasteiger partial charge in [0.15, 0.2) is 0 Å². The third-order valence-corrected chi connectivity index (χ3v) is 8.21. The van der Waals surface area contributed by atoms with Gasteiger partial charge in [-0.1, -0.05) is 23.2 Å². The Labute approximate surface area is 236 Å². The minimum atomic E-state index is -0.993. The van der Waals surface area contributed by atoms with Crippen LogP contribution in [0.4, 0.5) is 11.6 Å². The van der Waals surface area contributed by atoms with E-state index in [0.29, 0.717) is 28.6 Å². The summed E-state index contributed by atoms with van der Waals surface area (Å²) in [5.74, 6) is -0.666. The lowest BCUT2D eigenvalue weighted by atomic mass is 10.1. The van der Waals surface area contributed by atoms with E-state index in [0.717, 1.165) is 22.1 Å². The van der Waals surface area contributed by atoms with E-state index in [1.807, 2.05) is 12.1 Å². The van der Waals surface area contributed by atoms with Crippen molar-refractivity contribution in [2.24, 2.45) is 0 Å². The van der Waals surface area contributed by atoms with Gasteiger partial charge in [-0.05, 0) is 85.5 Å². The first kappa shape index (κ1) is 24.6. The van der Waals surface area contributed by atoms with Crippen molar-refractivity contribution in [2.75, 3.05) is 4.90 Å². The number of benzene rings is 1. The molecule has 12 heteroatoms. The quantitative estimate of drug-likeness (QED) is 0.382. The molecule has 6 rings (SSSR count). The van der Waals surface area contributed by atoms with Crippen LogP contribution in [0.5, 0.6) is 0 Å². The SMILES string of the molecule is C[C@H]1C(=O)N(c2cc(Cl)cc(Cl)c2)c2ncc(C(=O)NC3(C(=O)NC4(c5ccc(I)cn5)CC4)CC3)n21. The van der Waals surface area contributed by atoms with Gasteiger partial charge in [0, 0.05) is 19.8 Å². The van der Waals surface area contributed by atoms with Crippen molar-refractivity contribution in [1.29, 1.82) is 0 Å². The largest absolute Gasteiger partial charge is 0.343 e. The Morgan fingerprint density at radius 1 is 1.03 bits per heavy atom. The van der Waals surface area contributed by atoms with Crippen LogP contribution < -0.4 is 15.5 Å². The molecule has 0 bridgehead atoms. The monoisotopic (exact) mass is 650 g/mol. The maximum absolute atomic E-state index is 13.4. The molecule has 3 aliphatic rings. The lowest BCUT2D eigenvalue weighted by molar-refractivity contribution is -0.125. The van der Waals surface area contributed by atoms with Crippen LogP contribution in [0.3, 0.4) is 0 Å². The van der Waals surface area contributed by atoms with Crippen LogP contribution in [-0.4, -0.2) is 37.8 Å².